The van der Waals surface area contributed by atoms with Crippen molar-refractivity contribution in [3.63, 3.8) is 0 Å². The molecule has 154 valence electrons. The number of hydrogen-bond donors (Lipinski definition) is 3. The van der Waals surface area contributed by atoms with Crippen LogP contribution in [0.1, 0.15) is 13.3 Å². The van der Waals surface area contributed by atoms with Gasteiger partial charge in [0.2, 0.25) is 11.8 Å². The zero-order valence-corrected chi connectivity index (χ0v) is 17.3. The van der Waals surface area contributed by atoms with Crippen molar-refractivity contribution in [3.8, 4) is 5.75 Å². The molecule has 29 heavy (non-hydrogen) atoms. The fraction of sp³-hybridized carbons (Fsp3) is 0.286. The minimum atomic E-state index is -0.677. The number of amides is 3. The maximum absolute atomic E-state index is 12.6. The Morgan fingerprint density at radius 1 is 0.966 bits per heavy atom. The van der Waals surface area contributed by atoms with E-state index in [0.29, 0.717) is 23.5 Å². The van der Waals surface area contributed by atoms with Gasteiger partial charge < -0.3 is 20.7 Å². The molecule has 0 aromatic heterocycles. The number of ether oxygens (including phenoxy) is 1. The first-order chi connectivity index (χ1) is 14.0. The monoisotopic (exact) mass is 415 g/mol. The predicted octanol–water partition coefficient (Wildman–Crippen LogP) is 2.90. The average molecular weight is 416 g/mol. The lowest BCUT2D eigenvalue weighted by atomic mass is 10.2. The highest BCUT2D eigenvalue weighted by atomic mass is 32.2. The highest BCUT2D eigenvalue weighted by molar-refractivity contribution is 7.98. The highest BCUT2D eigenvalue weighted by Gasteiger charge is 2.21. The Kier molecular flexibility index (Phi) is 9.04. The summed E-state index contributed by atoms with van der Waals surface area (Å²) in [7, 11) is 0. The van der Waals surface area contributed by atoms with Gasteiger partial charge in [-0.3, -0.25) is 14.4 Å². The first-order valence-electron chi connectivity index (χ1n) is 9.12. The molecule has 0 fully saturated rings. The second-order valence-corrected chi connectivity index (χ2v) is 7.24. The largest absolute Gasteiger partial charge is 0.484 e. The van der Waals surface area contributed by atoms with Crippen LogP contribution in [-0.2, 0) is 14.4 Å². The summed E-state index contributed by atoms with van der Waals surface area (Å²) in [6, 6.07) is 15.1. The first-order valence-corrected chi connectivity index (χ1v) is 10.5. The van der Waals surface area contributed by atoms with Crippen LogP contribution in [-0.4, -0.2) is 42.4 Å². The number of benzene rings is 2. The molecule has 2 aromatic carbocycles. The van der Waals surface area contributed by atoms with Crippen molar-refractivity contribution >= 4 is 40.9 Å². The van der Waals surface area contributed by atoms with E-state index < -0.39 is 6.04 Å². The predicted molar refractivity (Wildman–Crippen MR) is 116 cm³/mol. The molecular formula is C21H25N3O4S. The fourth-order valence-electron chi connectivity index (χ4n) is 2.48. The normalized spacial score (nSPS) is 11.2. The fourth-order valence-corrected chi connectivity index (χ4v) is 2.95. The zero-order chi connectivity index (χ0) is 21.1. The van der Waals surface area contributed by atoms with Gasteiger partial charge >= 0.3 is 0 Å². The zero-order valence-electron chi connectivity index (χ0n) is 16.4. The number of anilines is 2. The number of hydrogen-bond acceptors (Lipinski definition) is 5. The van der Waals surface area contributed by atoms with Crippen LogP contribution in [0, 0.1) is 0 Å². The van der Waals surface area contributed by atoms with Gasteiger partial charge in [-0.2, -0.15) is 11.8 Å². The smallest absolute Gasteiger partial charge is 0.258 e. The maximum atomic E-state index is 12.6. The van der Waals surface area contributed by atoms with Crippen LogP contribution < -0.4 is 20.7 Å². The van der Waals surface area contributed by atoms with Crippen LogP contribution in [0.25, 0.3) is 0 Å². The van der Waals surface area contributed by atoms with Crippen molar-refractivity contribution < 1.29 is 19.1 Å². The third-order valence-corrected chi connectivity index (χ3v) is 4.49. The van der Waals surface area contributed by atoms with Crippen molar-refractivity contribution in [1.29, 1.82) is 0 Å². The Morgan fingerprint density at radius 3 is 2.17 bits per heavy atom. The van der Waals surface area contributed by atoms with Crippen LogP contribution in [0.15, 0.2) is 54.6 Å². The number of rotatable bonds is 10. The van der Waals surface area contributed by atoms with E-state index in [1.54, 1.807) is 48.2 Å². The van der Waals surface area contributed by atoms with E-state index in [1.807, 2.05) is 24.5 Å². The van der Waals surface area contributed by atoms with Crippen molar-refractivity contribution in [1.82, 2.24) is 5.32 Å². The summed E-state index contributed by atoms with van der Waals surface area (Å²) < 4.78 is 5.43. The molecule has 7 nitrogen and oxygen atoms in total. The molecule has 1 atom stereocenters. The average Bonchev–Trinajstić information content (AvgIpc) is 2.71. The van der Waals surface area contributed by atoms with Gasteiger partial charge in [0.05, 0.1) is 0 Å². The molecule has 0 aliphatic carbocycles. The molecule has 0 aliphatic rings. The third kappa shape index (κ3) is 8.27. The summed E-state index contributed by atoms with van der Waals surface area (Å²) in [5.41, 5.74) is 1.22. The minimum absolute atomic E-state index is 0.167. The van der Waals surface area contributed by atoms with E-state index in [-0.39, 0.29) is 24.3 Å². The lowest BCUT2D eigenvalue weighted by Gasteiger charge is -2.18. The Morgan fingerprint density at radius 2 is 1.59 bits per heavy atom. The molecule has 0 radical (unpaired) electrons. The highest BCUT2D eigenvalue weighted by Crippen LogP contribution is 2.14. The van der Waals surface area contributed by atoms with Gasteiger partial charge in [0.1, 0.15) is 11.8 Å². The Hall–Kier alpha value is -3.00. The van der Waals surface area contributed by atoms with Gasteiger partial charge in [0, 0.05) is 18.3 Å². The van der Waals surface area contributed by atoms with E-state index in [9.17, 15) is 14.4 Å². The van der Waals surface area contributed by atoms with Gasteiger partial charge in [0.25, 0.3) is 5.91 Å². The molecule has 8 heteroatoms. The Bertz CT molecular complexity index is 812. The van der Waals surface area contributed by atoms with Crippen LogP contribution in [0.5, 0.6) is 5.75 Å². The van der Waals surface area contributed by atoms with Crippen molar-refractivity contribution in [3.05, 3.63) is 54.6 Å². The molecule has 0 spiro atoms. The second-order valence-electron chi connectivity index (χ2n) is 6.25. The van der Waals surface area contributed by atoms with E-state index in [4.69, 9.17) is 4.74 Å². The number of nitrogens with one attached hydrogen (secondary N) is 3. The number of carbonyl (C=O) groups is 3. The molecule has 0 heterocycles. The number of para-hydroxylation sites is 1. The van der Waals surface area contributed by atoms with Gasteiger partial charge in [0.15, 0.2) is 6.61 Å². The van der Waals surface area contributed by atoms with E-state index in [2.05, 4.69) is 16.0 Å². The lowest BCUT2D eigenvalue weighted by molar-refractivity contribution is -0.127. The van der Waals surface area contributed by atoms with Crippen molar-refractivity contribution in [2.45, 2.75) is 19.4 Å². The molecular weight excluding hydrogens is 390 g/mol. The second kappa shape index (κ2) is 11.8. The van der Waals surface area contributed by atoms with Crippen molar-refractivity contribution in [2.24, 2.45) is 0 Å². The number of carbonyl (C=O) groups excluding carboxylic acids is 3. The standard InChI is InChI=1S/C21H25N3O4S/c1-15(25)22-16-8-10-17(11-9-16)23-21(27)19(12-13-29-2)24-20(26)14-28-18-6-4-3-5-7-18/h3-11,19H,12-14H2,1-2H3,(H,22,25)(H,23,27)(H,24,26). The molecule has 0 saturated heterocycles. The number of thioether (sulfide) groups is 1. The Labute approximate surface area is 174 Å². The van der Waals surface area contributed by atoms with Crippen LogP contribution in [0.3, 0.4) is 0 Å². The van der Waals surface area contributed by atoms with E-state index >= 15 is 0 Å². The summed E-state index contributed by atoms with van der Waals surface area (Å²) in [4.78, 5) is 36.0. The van der Waals surface area contributed by atoms with Crippen LogP contribution in [0.2, 0.25) is 0 Å². The van der Waals surface area contributed by atoms with Gasteiger partial charge in [-0.05, 0) is 54.8 Å². The van der Waals surface area contributed by atoms with Gasteiger partial charge in [-0.15, -0.1) is 0 Å². The Balaban J connectivity index is 1.92. The molecule has 0 aliphatic heterocycles. The molecule has 1 unspecified atom stereocenters. The van der Waals surface area contributed by atoms with Crippen LogP contribution >= 0.6 is 11.8 Å². The summed E-state index contributed by atoms with van der Waals surface area (Å²) in [6.07, 6.45) is 2.43. The first kappa shape index (κ1) is 22.3. The molecule has 3 N–H and O–H groups in total. The molecule has 2 aromatic rings. The lowest BCUT2D eigenvalue weighted by Crippen LogP contribution is -2.45. The molecule has 0 bridgehead atoms. The van der Waals surface area contributed by atoms with Gasteiger partial charge in [-0.1, -0.05) is 18.2 Å². The minimum Gasteiger partial charge on any atom is -0.484 e. The SMILES string of the molecule is CSCCC(NC(=O)COc1ccccc1)C(=O)Nc1ccc(NC(C)=O)cc1. The third-order valence-electron chi connectivity index (χ3n) is 3.85. The van der Waals surface area contributed by atoms with Crippen molar-refractivity contribution in [2.75, 3.05) is 29.2 Å². The summed E-state index contributed by atoms with van der Waals surface area (Å²) in [6.45, 7) is 1.26. The molecule has 3 amide bonds. The molecule has 0 saturated carbocycles. The summed E-state index contributed by atoms with van der Waals surface area (Å²) in [5, 5.41) is 8.19. The summed E-state index contributed by atoms with van der Waals surface area (Å²) >= 11 is 1.60. The maximum Gasteiger partial charge on any atom is 0.258 e. The molecule has 2 rings (SSSR count). The topological polar surface area (TPSA) is 96.5 Å². The van der Waals surface area contributed by atoms with Crippen LogP contribution in [0.4, 0.5) is 11.4 Å². The summed E-state index contributed by atoms with van der Waals surface area (Å²) in [5.74, 6) is 0.473. The van der Waals surface area contributed by atoms with E-state index in [0.717, 1.165) is 5.75 Å². The van der Waals surface area contributed by atoms with Gasteiger partial charge in [-0.25, -0.2) is 0 Å². The quantitative estimate of drug-likeness (QED) is 0.554. The van der Waals surface area contributed by atoms with E-state index in [1.165, 1.54) is 6.92 Å².